The SMILES string of the molecule is CCCCCCCCCCOC(=O)C[N+]1(C/C=C/Cc2ccccc2Br)CCCCC1. The van der Waals surface area contributed by atoms with Gasteiger partial charge in [-0.05, 0) is 49.8 Å². The second-order valence-corrected chi connectivity index (χ2v) is 10.0. The molecule has 0 aromatic heterocycles. The highest BCUT2D eigenvalue weighted by Crippen LogP contribution is 2.20. The number of quaternary nitrogens is 1. The summed E-state index contributed by atoms with van der Waals surface area (Å²) in [6, 6.07) is 8.37. The van der Waals surface area contributed by atoms with Gasteiger partial charge < -0.3 is 9.22 Å². The molecule has 0 bridgehead atoms. The predicted octanol–water partition coefficient (Wildman–Crippen LogP) is 7.23. The Kier molecular flexibility index (Phi) is 13.2. The number of benzene rings is 1. The van der Waals surface area contributed by atoms with Crippen molar-refractivity contribution in [2.75, 3.05) is 32.8 Å². The van der Waals surface area contributed by atoms with Crippen LogP contribution in [0.4, 0.5) is 0 Å². The molecule has 0 aliphatic carbocycles. The van der Waals surface area contributed by atoms with Crippen molar-refractivity contribution < 1.29 is 14.0 Å². The van der Waals surface area contributed by atoms with Crippen LogP contribution in [0.25, 0.3) is 0 Å². The summed E-state index contributed by atoms with van der Waals surface area (Å²) in [5.41, 5.74) is 1.30. The first kappa shape index (κ1) is 26.1. The number of unbranched alkanes of at least 4 members (excludes halogenated alkanes) is 7. The minimum absolute atomic E-state index is 0.0101. The molecule has 0 unspecified atom stereocenters. The zero-order valence-corrected chi connectivity index (χ0v) is 21.2. The minimum atomic E-state index is -0.0101. The molecule has 0 atom stereocenters. The van der Waals surface area contributed by atoms with Crippen LogP contribution in [0.5, 0.6) is 0 Å². The van der Waals surface area contributed by atoms with Crippen LogP contribution in [0.1, 0.15) is 83.1 Å². The Morgan fingerprint density at radius 3 is 2.35 bits per heavy atom. The number of piperidine rings is 1. The van der Waals surface area contributed by atoms with Gasteiger partial charge in [-0.15, -0.1) is 0 Å². The van der Waals surface area contributed by atoms with Crippen LogP contribution in [-0.2, 0) is 16.0 Å². The number of allylic oxidation sites excluding steroid dienone is 1. The molecule has 31 heavy (non-hydrogen) atoms. The number of hydrogen-bond donors (Lipinski definition) is 0. The van der Waals surface area contributed by atoms with Crippen molar-refractivity contribution in [2.45, 2.75) is 84.0 Å². The molecule has 1 fully saturated rings. The highest BCUT2D eigenvalue weighted by molar-refractivity contribution is 9.10. The summed E-state index contributed by atoms with van der Waals surface area (Å²) in [5.74, 6) is -0.0101. The second-order valence-electron chi connectivity index (χ2n) is 9.15. The Morgan fingerprint density at radius 1 is 0.968 bits per heavy atom. The normalized spacial score (nSPS) is 15.9. The molecule has 1 aromatic rings. The molecule has 0 amide bonds. The van der Waals surface area contributed by atoms with Crippen LogP contribution in [0.15, 0.2) is 40.9 Å². The van der Waals surface area contributed by atoms with Crippen molar-refractivity contribution in [3.63, 3.8) is 0 Å². The molecule has 1 heterocycles. The quantitative estimate of drug-likeness (QED) is 0.111. The standard InChI is InChI=1S/C27H43BrNO2/c1-2-3-4-5-6-7-8-16-23-31-27(30)24-29(20-13-9-14-21-29)22-15-12-18-25-17-10-11-19-26(25)28/h10-12,15,17,19H,2-9,13-14,16,18,20-24H2,1H3/q+1/b15-12+. The summed E-state index contributed by atoms with van der Waals surface area (Å²) in [6.45, 7) is 6.47. The van der Waals surface area contributed by atoms with E-state index in [-0.39, 0.29) is 5.97 Å². The fourth-order valence-corrected chi connectivity index (χ4v) is 4.95. The lowest BCUT2D eigenvalue weighted by atomic mass is 10.1. The van der Waals surface area contributed by atoms with Crippen LogP contribution in [-0.4, -0.2) is 43.2 Å². The van der Waals surface area contributed by atoms with Crippen molar-refractivity contribution >= 4 is 21.9 Å². The third kappa shape index (κ3) is 10.8. The van der Waals surface area contributed by atoms with Gasteiger partial charge in [0.15, 0.2) is 6.54 Å². The van der Waals surface area contributed by atoms with Gasteiger partial charge in [0.1, 0.15) is 0 Å². The fourth-order valence-electron chi connectivity index (χ4n) is 4.50. The Balaban J connectivity index is 1.69. The Hall–Kier alpha value is -1.13. The summed E-state index contributed by atoms with van der Waals surface area (Å²) >= 11 is 3.62. The van der Waals surface area contributed by atoms with Gasteiger partial charge >= 0.3 is 5.97 Å². The van der Waals surface area contributed by atoms with Crippen molar-refractivity contribution in [2.24, 2.45) is 0 Å². The summed E-state index contributed by atoms with van der Waals surface area (Å²) < 4.78 is 7.64. The number of rotatable bonds is 15. The molecule has 4 heteroatoms. The summed E-state index contributed by atoms with van der Waals surface area (Å²) in [5, 5.41) is 0. The van der Waals surface area contributed by atoms with E-state index in [2.05, 4.69) is 53.2 Å². The Morgan fingerprint density at radius 2 is 1.65 bits per heavy atom. The van der Waals surface area contributed by atoms with Crippen LogP contribution < -0.4 is 0 Å². The van der Waals surface area contributed by atoms with Gasteiger partial charge in [0.2, 0.25) is 0 Å². The first-order valence-corrected chi connectivity index (χ1v) is 13.3. The van der Waals surface area contributed by atoms with Gasteiger partial charge in [-0.3, -0.25) is 0 Å². The van der Waals surface area contributed by atoms with E-state index >= 15 is 0 Å². The third-order valence-electron chi connectivity index (χ3n) is 6.45. The molecule has 1 aliphatic rings. The van der Waals surface area contributed by atoms with Crippen LogP contribution in [0, 0.1) is 0 Å². The van der Waals surface area contributed by atoms with Gasteiger partial charge in [-0.1, -0.05) is 92.1 Å². The number of carbonyl (C=O) groups is 1. The summed E-state index contributed by atoms with van der Waals surface area (Å²) in [6.07, 6.45) is 19.3. The highest BCUT2D eigenvalue weighted by Gasteiger charge is 2.32. The smallest absolute Gasteiger partial charge is 0.361 e. The van der Waals surface area contributed by atoms with Crippen LogP contribution in [0.2, 0.25) is 0 Å². The zero-order chi connectivity index (χ0) is 22.2. The number of halogens is 1. The second kappa shape index (κ2) is 15.6. The van der Waals surface area contributed by atoms with E-state index in [0.29, 0.717) is 13.2 Å². The van der Waals surface area contributed by atoms with Gasteiger partial charge in [-0.2, -0.15) is 0 Å². The van der Waals surface area contributed by atoms with Crippen molar-refractivity contribution in [1.29, 1.82) is 0 Å². The molecule has 174 valence electrons. The molecule has 3 nitrogen and oxygen atoms in total. The van der Waals surface area contributed by atoms with Crippen LogP contribution in [0.3, 0.4) is 0 Å². The predicted molar refractivity (Wildman–Crippen MR) is 134 cm³/mol. The topological polar surface area (TPSA) is 26.3 Å². The number of carbonyl (C=O) groups excluding carboxylic acids is 1. The lowest BCUT2D eigenvalue weighted by Crippen LogP contribution is -2.54. The van der Waals surface area contributed by atoms with E-state index in [1.807, 2.05) is 6.07 Å². The van der Waals surface area contributed by atoms with E-state index in [9.17, 15) is 4.79 Å². The van der Waals surface area contributed by atoms with Gasteiger partial charge in [-0.25, -0.2) is 4.79 Å². The lowest BCUT2D eigenvalue weighted by Gasteiger charge is -2.39. The molecule has 0 radical (unpaired) electrons. The van der Waals surface area contributed by atoms with Crippen molar-refractivity contribution in [3.05, 3.63) is 46.5 Å². The molecule has 1 aliphatic heterocycles. The summed E-state index contributed by atoms with van der Waals surface area (Å²) in [4.78, 5) is 12.6. The van der Waals surface area contributed by atoms with E-state index in [4.69, 9.17) is 4.74 Å². The van der Waals surface area contributed by atoms with Crippen LogP contribution >= 0.6 is 15.9 Å². The lowest BCUT2D eigenvalue weighted by molar-refractivity contribution is -0.920. The average molecular weight is 494 g/mol. The van der Waals surface area contributed by atoms with E-state index in [0.717, 1.165) is 41.4 Å². The van der Waals surface area contributed by atoms with Crippen molar-refractivity contribution in [3.8, 4) is 0 Å². The Bertz CT molecular complexity index is 652. The number of ether oxygens (including phenoxy) is 1. The molecule has 2 rings (SSSR count). The number of nitrogens with zero attached hydrogens (tertiary/aromatic N) is 1. The zero-order valence-electron chi connectivity index (χ0n) is 19.6. The Labute approximate surface area is 199 Å². The molecule has 1 saturated heterocycles. The molecular formula is C27H43BrNO2+. The monoisotopic (exact) mass is 492 g/mol. The third-order valence-corrected chi connectivity index (χ3v) is 7.22. The number of esters is 1. The largest absolute Gasteiger partial charge is 0.462 e. The molecule has 0 saturated carbocycles. The highest BCUT2D eigenvalue weighted by atomic mass is 79.9. The fraction of sp³-hybridized carbons (Fsp3) is 0.667. The number of likely N-dealkylation sites (tertiary alicyclic amines) is 1. The maximum atomic E-state index is 12.6. The average Bonchev–Trinajstić information content (AvgIpc) is 2.77. The van der Waals surface area contributed by atoms with Gasteiger partial charge in [0.25, 0.3) is 0 Å². The first-order valence-electron chi connectivity index (χ1n) is 12.5. The van der Waals surface area contributed by atoms with E-state index in [1.165, 1.54) is 69.8 Å². The van der Waals surface area contributed by atoms with Crippen molar-refractivity contribution in [1.82, 2.24) is 0 Å². The number of hydrogen-bond acceptors (Lipinski definition) is 2. The summed E-state index contributed by atoms with van der Waals surface area (Å²) in [7, 11) is 0. The van der Waals surface area contributed by atoms with E-state index in [1.54, 1.807) is 0 Å². The molecular weight excluding hydrogens is 450 g/mol. The maximum absolute atomic E-state index is 12.6. The molecule has 0 spiro atoms. The van der Waals surface area contributed by atoms with Gasteiger partial charge in [0, 0.05) is 4.47 Å². The first-order chi connectivity index (χ1) is 15.2. The van der Waals surface area contributed by atoms with E-state index < -0.39 is 0 Å². The van der Waals surface area contributed by atoms with Gasteiger partial charge in [0.05, 0.1) is 26.2 Å². The maximum Gasteiger partial charge on any atom is 0.361 e. The molecule has 0 N–H and O–H groups in total. The minimum Gasteiger partial charge on any atom is -0.462 e. The molecule has 1 aromatic carbocycles.